The average Bonchev–Trinajstić information content (AvgIpc) is 2.36. The molecule has 0 aliphatic rings. The summed E-state index contributed by atoms with van der Waals surface area (Å²) in [4.78, 5) is 2.30. The number of nitrogens with two attached hydrogens (primary N) is 1. The summed E-state index contributed by atoms with van der Waals surface area (Å²) >= 11 is 0. The Morgan fingerprint density at radius 3 is 2.14 bits per heavy atom. The van der Waals surface area contributed by atoms with E-state index in [1.807, 2.05) is 18.2 Å². The molecular weight excluding hydrogens is 264 g/mol. The van der Waals surface area contributed by atoms with Crippen molar-refractivity contribution >= 4 is 5.69 Å². The molecule has 0 bridgehead atoms. The number of ether oxygens (including phenoxy) is 1. The minimum absolute atomic E-state index is 0.265. The van der Waals surface area contributed by atoms with Crippen LogP contribution in [0.3, 0.4) is 0 Å². The molecule has 1 rings (SSSR count). The maximum absolute atomic E-state index is 10.2. The van der Waals surface area contributed by atoms with Gasteiger partial charge < -0.3 is 20.5 Å². The second-order valence-electron chi connectivity index (χ2n) is 6.51. The van der Waals surface area contributed by atoms with Gasteiger partial charge in [-0.1, -0.05) is 39.8 Å². The molecule has 1 unspecified atom stereocenters. The number of hydrogen-bond donors (Lipinski definition) is 2. The van der Waals surface area contributed by atoms with E-state index in [1.165, 1.54) is 0 Å². The Bertz CT molecular complexity index is 398. The number of hydrogen-bond acceptors (Lipinski definition) is 4. The molecule has 1 aromatic carbocycles. The van der Waals surface area contributed by atoms with Crippen LogP contribution in [-0.2, 0) is 0 Å². The molecule has 0 aliphatic heterocycles. The lowest BCUT2D eigenvalue weighted by Crippen LogP contribution is -2.39. The van der Waals surface area contributed by atoms with Gasteiger partial charge in [0, 0.05) is 19.6 Å². The molecule has 4 nitrogen and oxygen atoms in total. The maximum atomic E-state index is 10.2. The minimum Gasteiger partial charge on any atom is -0.489 e. The standard InChI is InChI=1S/C17H30N2O2/c1-13(2)9-19(10-14(3)4)11-15(20)12-21-17-8-6-5-7-16(17)18/h5-8,13-15,20H,9-12,18H2,1-4H3. The topological polar surface area (TPSA) is 58.7 Å². The summed E-state index contributed by atoms with van der Waals surface area (Å²) in [6, 6.07) is 7.36. The van der Waals surface area contributed by atoms with Gasteiger partial charge in [0.25, 0.3) is 0 Å². The van der Waals surface area contributed by atoms with Crippen LogP contribution in [0.15, 0.2) is 24.3 Å². The second-order valence-corrected chi connectivity index (χ2v) is 6.51. The number of nitrogen functional groups attached to an aromatic ring is 1. The van der Waals surface area contributed by atoms with Crippen molar-refractivity contribution in [2.45, 2.75) is 33.8 Å². The van der Waals surface area contributed by atoms with Gasteiger partial charge in [0.15, 0.2) is 0 Å². The number of rotatable bonds is 9. The van der Waals surface area contributed by atoms with Crippen LogP contribution in [-0.4, -0.2) is 42.4 Å². The molecule has 0 aliphatic carbocycles. The molecule has 0 saturated carbocycles. The third-order valence-electron chi connectivity index (χ3n) is 3.07. The van der Waals surface area contributed by atoms with Gasteiger partial charge in [-0.3, -0.25) is 0 Å². The van der Waals surface area contributed by atoms with Crippen LogP contribution in [0.1, 0.15) is 27.7 Å². The highest BCUT2D eigenvalue weighted by molar-refractivity contribution is 5.51. The lowest BCUT2D eigenvalue weighted by molar-refractivity contribution is 0.0604. The lowest BCUT2D eigenvalue weighted by Gasteiger charge is -2.28. The molecule has 0 amide bonds. The smallest absolute Gasteiger partial charge is 0.142 e. The molecule has 0 spiro atoms. The van der Waals surface area contributed by atoms with Crippen LogP contribution < -0.4 is 10.5 Å². The summed E-state index contributed by atoms with van der Waals surface area (Å²) in [5, 5.41) is 10.2. The SMILES string of the molecule is CC(C)CN(CC(C)C)CC(O)COc1ccccc1N. The van der Waals surface area contributed by atoms with E-state index in [2.05, 4.69) is 32.6 Å². The van der Waals surface area contributed by atoms with Crippen LogP contribution in [0.4, 0.5) is 5.69 Å². The van der Waals surface area contributed by atoms with Gasteiger partial charge in [-0.15, -0.1) is 0 Å². The summed E-state index contributed by atoms with van der Waals surface area (Å²) in [7, 11) is 0. The molecule has 0 saturated heterocycles. The zero-order valence-corrected chi connectivity index (χ0v) is 13.7. The van der Waals surface area contributed by atoms with Crippen molar-refractivity contribution in [3.63, 3.8) is 0 Å². The van der Waals surface area contributed by atoms with Gasteiger partial charge in [0.1, 0.15) is 18.5 Å². The van der Waals surface area contributed by atoms with E-state index < -0.39 is 6.10 Å². The van der Waals surface area contributed by atoms with Crippen molar-refractivity contribution in [2.75, 3.05) is 32.0 Å². The Hall–Kier alpha value is -1.26. The molecule has 1 aromatic rings. The van der Waals surface area contributed by atoms with Gasteiger partial charge in [-0.25, -0.2) is 0 Å². The Morgan fingerprint density at radius 2 is 1.62 bits per heavy atom. The zero-order valence-electron chi connectivity index (χ0n) is 13.7. The summed E-state index contributed by atoms with van der Waals surface area (Å²) < 4.78 is 5.61. The quantitative estimate of drug-likeness (QED) is 0.687. The van der Waals surface area contributed by atoms with Crippen molar-refractivity contribution in [3.8, 4) is 5.75 Å². The average molecular weight is 294 g/mol. The molecule has 4 heteroatoms. The Labute approximate surface area is 128 Å². The predicted molar refractivity (Wildman–Crippen MR) is 88.5 cm³/mol. The zero-order chi connectivity index (χ0) is 15.8. The van der Waals surface area contributed by atoms with E-state index in [0.717, 1.165) is 13.1 Å². The van der Waals surface area contributed by atoms with Crippen molar-refractivity contribution in [1.82, 2.24) is 4.90 Å². The maximum Gasteiger partial charge on any atom is 0.142 e. The van der Waals surface area contributed by atoms with E-state index >= 15 is 0 Å². The van der Waals surface area contributed by atoms with Gasteiger partial charge in [0.05, 0.1) is 5.69 Å². The summed E-state index contributed by atoms with van der Waals surface area (Å²) in [5.41, 5.74) is 6.43. The largest absolute Gasteiger partial charge is 0.489 e. The highest BCUT2D eigenvalue weighted by Crippen LogP contribution is 2.19. The second kappa shape index (κ2) is 8.90. The third-order valence-corrected chi connectivity index (χ3v) is 3.07. The molecular formula is C17H30N2O2. The molecule has 3 N–H and O–H groups in total. The lowest BCUT2D eigenvalue weighted by atomic mass is 10.1. The monoisotopic (exact) mass is 294 g/mol. The molecule has 120 valence electrons. The first kappa shape index (κ1) is 17.8. The van der Waals surface area contributed by atoms with Gasteiger partial charge in [0.2, 0.25) is 0 Å². The number of aliphatic hydroxyl groups excluding tert-OH is 1. The number of nitrogens with zero attached hydrogens (tertiary/aromatic N) is 1. The summed E-state index contributed by atoms with van der Waals surface area (Å²) in [6.45, 7) is 11.7. The molecule has 0 heterocycles. The van der Waals surface area contributed by atoms with E-state index in [1.54, 1.807) is 6.07 Å². The van der Waals surface area contributed by atoms with Gasteiger partial charge >= 0.3 is 0 Å². The number of para-hydroxylation sites is 2. The molecule has 0 radical (unpaired) electrons. The van der Waals surface area contributed by atoms with E-state index in [-0.39, 0.29) is 6.61 Å². The highest BCUT2D eigenvalue weighted by atomic mass is 16.5. The van der Waals surface area contributed by atoms with E-state index in [0.29, 0.717) is 29.8 Å². The highest BCUT2D eigenvalue weighted by Gasteiger charge is 2.15. The van der Waals surface area contributed by atoms with Crippen molar-refractivity contribution in [1.29, 1.82) is 0 Å². The predicted octanol–water partition coefficient (Wildman–Crippen LogP) is 2.62. The molecule has 1 atom stereocenters. The fourth-order valence-corrected chi connectivity index (χ4v) is 2.41. The summed E-state index contributed by atoms with van der Waals surface area (Å²) in [6.07, 6.45) is -0.512. The van der Waals surface area contributed by atoms with Crippen molar-refractivity contribution in [3.05, 3.63) is 24.3 Å². The number of benzene rings is 1. The fourth-order valence-electron chi connectivity index (χ4n) is 2.41. The Balaban J connectivity index is 2.46. The Kier molecular flexibility index (Phi) is 7.54. The third kappa shape index (κ3) is 7.34. The minimum atomic E-state index is -0.512. The van der Waals surface area contributed by atoms with E-state index in [9.17, 15) is 5.11 Å². The first-order valence-electron chi connectivity index (χ1n) is 7.76. The first-order chi connectivity index (χ1) is 9.88. The van der Waals surface area contributed by atoms with Crippen LogP contribution in [0.25, 0.3) is 0 Å². The van der Waals surface area contributed by atoms with Crippen LogP contribution >= 0.6 is 0 Å². The fraction of sp³-hybridized carbons (Fsp3) is 0.647. The molecule has 21 heavy (non-hydrogen) atoms. The summed E-state index contributed by atoms with van der Waals surface area (Å²) in [5.74, 6) is 1.80. The van der Waals surface area contributed by atoms with E-state index in [4.69, 9.17) is 10.5 Å². The normalized spacial score (nSPS) is 13.1. The van der Waals surface area contributed by atoms with Crippen LogP contribution in [0.5, 0.6) is 5.75 Å². The van der Waals surface area contributed by atoms with Crippen LogP contribution in [0.2, 0.25) is 0 Å². The van der Waals surface area contributed by atoms with Gasteiger partial charge in [-0.2, -0.15) is 0 Å². The first-order valence-corrected chi connectivity index (χ1v) is 7.76. The number of aliphatic hydroxyl groups is 1. The Morgan fingerprint density at radius 1 is 1.05 bits per heavy atom. The number of anilines is 1. The van der Waals surface area contributed by atoms with Crippen molar-refractivity contribution in [2.24, 2.45) is 11.8 Å². The molecule has 0 fully saturated rings. The van der Waals surface area contributed by atoms with Crippen LogP contribution in [0, 0.1) is 11.8 Å². The van der Waals surface area contributed by atoms with Gasteiger partial charge in [-0.05, 0) is 24.0 Å². The molecule has 0 aromatic heterocycles. The van der Waals surface area contributed by atoms with Crippen molar-refractivity contribution < 1.29 is 9.84 Å².